The van der Waals surface area contributed by atoms with Gasteiger partial charge in [0.25, 0.3) is 5.91 Å². The minimum atomic E-state index is -0.699. The number of methoxy groups -OCH3 is 3. The summed E-state index contributed by atoms with van der Waals surface area (Å²) in [6.45, 7) is 0. The highest BCUT2D eigenvalue weighted by Crippen LogP contribution is 2.38. The Morgan fingerprint density at radius 3 is 2.22 bits per heavy atom. The number of nitrogens with one attached hydrogen (secondary N) is 1. The second-order valence-corrected chi connectivity index (χ2v) is 4.88. The maximum absolute atomic E-state index is 13.9. The van der Waals surface area contributed by atoms with Gasteiger partial charge in [0.05, 0.1) is 32.0 Å². The van der Waals surface area contributed by atoms with E-state index in [1.165, 1.54) is 51.7 Å². The molecule has 0 heterocycles. The summed E-state index contributed by atoms with van der Waals surface area (Å²) in [5.41, 5.74) is 0.204. The second kappa shape index (κ2) is 7.19. The molecule has 1 N–H and O–H groups in total. The fourth-order valence-corrected chi connectivity index (χ4v) is 2.18. The van der Waals surface area contributed by atoms with E-state index in [-0.39, 0.29) is 16.3 Å². The number of carbonyl (C=O) groups is 1. The highest BCUT2D eigenvalue weighted by atomic mass is 35.5. The number of anilines is 1. The lowest BCUT2D eigenvalue weighted by molar-refractivity contribution is 0.102. The summed E-state index contributed by atoms with van der Waals surface area (Å²) < 4.78 is 29.4. The van der Waals surface area contributed by atoms with Gasteiger partial charge in [0, 0.05) is 5.56 Å². The van der Waals surface area contributed by atoms with Crippen LogP contribution in [0.25, 0.3) is 0 Å². The summed E-state index contributed by atoms with van der Waals surface area (Å²) >= 11 is 5.70. The molecule has 7 heteroatoms. The third-order valence-corrected chi connectivity index (χ3v) is 3.42. The SMILES string of the molecule is COc1cc(C(=O)Nc2cccc(Cl)c2F)cc(OC)c1OC. The molecular weight excluding hydrogens is 325 g/mol. The van der Waals surface area contributed by atoms with E-state index < -0.39 is 11.7 Å². The smallest absolute Gasteiger partial charge is 0.256 e. The van der Waals surface area contributed by atoms with Crippen LogP contribution in [0.3, 0.4) is 0 Å². The van der Waals surface area contributed by atoms with E-state index in [4.69, 9.17) is 25.8 Å². The molecule has 122 valence electrons. The van der Waals surface area contributed by atoms with Gasteiger partial charge in [-0.1, -0.05) is 17.7 Å². The zero-order valence-electron chi connectivity index (χ0n) is 12.8. The lowest BCUT2D eigenvalue weighted by Crippen LogP contribution is -2.13. The first kappa shape index (κ1) is 16.9. The van der Waals surface area contributed by atoms with Crippen molar-refractivity contribution in [2.45, 2.75) is 0 Å². The van der Waals surface area contributed by atoms with Crippen LogP contribution in [-0.4, -0.2) is 27.2 Å². The van der Waals surface area contributed by atoms with Crippen molar-refractivity contribution in [2.75, 3.05) is 26.6 Å². The maximum atomic E-state index is 13.9. The van der Waals surface area contributed by atoms with Gasteiger partial charge in [-0.05, 0) is 24.3 Å². The van der Waals surface area contributed by atoms with E-state index >= 15 is 0 Å². The number of benzene rings is 2. The van der Waals surface area contributed by atoms with Crippen molar-refractivity contribution >= 4 is 23.2 Å². The van der Waals surface area contributed by atoms with E-state index in [1.807, 2.05) is 0 Å². The molecule has 0 bridgehead atoms. The fourth-order valence-electron chi connectivity index (χ4n) is 2.01. The predicted molar refractivity (Wildman–Crippen MR) is 85.5 cm³/mol. The molecule has 0 aromatic heterocycles. The van der Waals surface area contributed by atoms with Gasteiger partial charge in [-0.2, -0.15) is 0 Å². The van der Waals surface area contributed by atoms with Gasteiger partial charge in [-0.15, -0.1) is 0 Å². The molecule has 0 aliphatic carbocycles. The molecule has 0 aliphatic heterocycles. The average Bonchev–Trinajstić information content (AvgIpc) is 2.57. The van der Waals surface area contributed by atoms with E-state index in [0.29, 0.717) is 17.2 Å². The van der Waals surface area contributed by atoms with Gasteiger partial charge in [0.1, 0.15) is 0 Å². The monoisotopic (exact) mass is 339 g/mol. The molecular formula is C16H15ClFNO4. The number of carbonyl (C=O) groups excluding carboxylic acids is 1. The Kier molecular flexibility index (Phi) is 5.28. The van der Waals surface area contributed by atoms with Gasteiger partial charge in [-0.3, -0.25) is 4.79 Å². The van der Waals surface area contributed by atoms with Crippen LogP contribution in [0.1, 0.15) is 10.4 Å². The topological polar surface area (TPSA) is 56.8 Å². The molecule has 0 radical (unpaired) electrons. The quantitative estimate of drug-likeness (QED) is 0.901. The van der Waals surface area contributed by atoms with Crippen molar-refractivity contribution < 1.29 is 23.4 Å². The van der Waals surface area contributed by atoms with Crippen molar-refractivity contribution in [3.8, 4) is 17.2 Å². The van der Waals surface area contributed by atoms with E-state index in [2.05, 4.69) is 5.32 Å². The molecule has 2 rings (SSSR count). The summed E-state index contributed by atoms with van der Waals surface area (Å²) in [5, 5.41) is 2.38. The van der Waals surface area contributed by atoms with Crippen molar-refractivity contribution in [1.82, 2.24) is 0 Å². The second-order valence-electron chi connectivity index (χ2n) is 4.47. The zero-order valence-corrected chi connectivity index (χ0v) is 13.5. The summed E-state index contributed by atoms with van der Waals surface area (Å²) in [6.07, 6.45) is 0. The van der Waals surface area contributed by atoms with Crippen molar-refractivity contribution in [3.63, 3.8) is 0 Å². The third kappa shape index (κ3) is 3.48. The molecule has 5 nitrogen and oxygen atoms in total. The number of ether oxygens (including phenoxy) is 3. The largest absolute Gasteiger partial charge is 0.493 e. The van der Waals surface area contributed by atoms with E-state index in [9.17, 15) is 9.18 Å². The Hall–Kier alpha value is -2.47. The molecule has 0 saturated heterocycles. The van der Waals surface area contributed by atoms with Gasteiger partial charge >= 0.3 is 0 Å². The van der Waals surface area contributed by atoms with Crippen molar-refractivity contribution in [1.29, 1.82) is 0 Å². The average molecular weight is 340 g/mol. The Bertz CT molecular complexity index is 711. The normalized spacial score (nSPS) is 10.1. The lowest BCUT2D eigenvalue weighted by atomic mass is 10.1. The Labute approximate surface area is 137 Å². The standard InChI is InChI=1S/C16H15ClFNO4/c1-21-12-7-9(8-13(22-2)15(12)23-3)16(20)19-11-6-4-5-10(17)14(11)18/h4-8H,1-3H3,(H,19,20). The molecule has 0 unspecified atom stereocenters. The first-order valence-electron chi connectivity index (χ1n) is 6.57. The number of hydrogen-bond acceptors (Lipinski definition) is 4. The first-order chi connectivity index (χ1) is 11.0. The molecule has 0 saturated carbocycles. The third-order valence-electron chi connectivity index (χ3n) is 3.13. The van der Waals surface area contributed by atoms with E-state index in [1.54, 1.807) is 0 Å². The molecule has 0 aliphatic rings. The van der Waals surface area contributed by atoms with E-state index in [0.717, 1.165) is 0 Å². The molecule has 2 aromatic carbocycles. The van der Waals surface area contributed by atoms with Crippen LogP contribution in [-0.2, 0) is 0 Å². The van der Waals surface area contributed by atoms with Crippen LogP contribution >= 0.6 is 11.6 Å². The van der Waals surface area contributed by atoms with Gasteiger partial charge in [0.15, 0.2) is 17.3 Å². The lowest BCUT2D eigenvalue weighted by Gasteiger charge is -2.14. The zero-order chi connectivity index (χ0) is 17.0. The number of rotatable bonds is 5. The molecule has 2 aromatic rings. The van der Waals surface area contributed by atoms with Crippen LogP contribution in [0.4, 0.5) is 10.1 Å². The fraction of sp³-hybridized carbons (Fsp3) is 0.188. The Balaban J connectivity index is 2.37. The van der Waals surface area contributed by atoms with Crippen molar-refractivity contribution in [2.24, 2.45) is 0 Å². The molecule has 0 spiro atoms. The molecule has 0 fully saturated rings. The predicted octanol–water partition coefficient (Wildman–Crippen LogP) is 3.76. The molecule has 0 atom stereocenters. The highest BCUT2D eigenvalue weighted by molar-refractivity contribution is 6.31. The number of halogens is 2. The Morgan fingerprint density at radius 1 is 1.09 bits per heavy atom. The minimum absolute atomic E-state index is 0.0174. The summed E-state index contributed by atoms with van der Waals surface area (Å²) in [4.78, 5) is 12.3. The Morgan fingerprint density at radius 2 is 1.70 bits per heavy atom. The number of hydrogen-bond donors (Lipinski definition) is 1. The summed E-state index contributed by atoms with van der Waals surface area (Å²) in [5.74, 6) is -0.229. The van der Waals surface area contributed by atoms with Crippen molar-refractivity contribution in [3.05, 3.63) is 46.7 Å². The minimum Gasteiger partial charge on any atom is -0.493 e. The van der Waals surface area contributed by atoms with Gasteiger partial charge in [-0.25, -0.2) is 4.39 Å². The molecule has 1 amide bonds. The van der Waals surface area contributed by atoms with Crippen LogP contribution in [0.2, 0.25) is 5.02 Å². The summed E-state index contributed by atoms with van der Waals surface area (Å²) in [6, 6.07) is 7.29. The van der Waals surface area contributed by atoms with Crippen LogP contribution in [0, 0.1) is 5.82 Å². The molecule has 23 heavy (non-hydrogen) atoms. The highest BCUT2D eigenvalue weighted by Gasteiger charge is 2.18. The van der Waals surface area contributed by atoms with Crippen LogP contribution in [0.15, 0.2) is 30.3 Å². The number of amides is 1. The first-order valence-corrected chi connectivity index (χ1v) is 6.95. The summed E-state index contributed by atoms with van der Waals surface area (Å²) in [7, 11) is 4.34. The van der Waals surface area contributed by atoms with Crippen LogP contribution < -0.4 is 19.5 Å². The van der Waals surface area contributed by atoms with Crippen LogP contribution in [0.5, 0.6) is 17.2 Å². The van der Waals surface area contributed by atoms with Gasteiger partial charge < -0.3 is 19.5 Å². The van der Waals surface area contributed by atoms with Gasteiger partial charge in [0.2, 0.25) is 5.75 Å². The maximum Gasteiger partial charge on any atom is 0.256 e.